The van der Waals surface area contributed by atoms with Crippen LogP contribution in [0.4, 0.5) is 5.82 Å². The van der Waals surface area contributed by atoms with E-state index in [-0.39, 0.29) is 18.1 Å². The molecule has 0 bridgehead atoms. The number of piperazine rings is 1. The first-order valence-corrected chi connectivity index (χ1v) is 7.24. The second-order valence-corrected chi connectivity index (χ2v) is 5.05. The van der Waals surface area contributed by atoms with Crippen LogP contribution in [0.1, 0.15) is 20.8 Å². The van der Waals surface area contributed by atoms with Crippen molar-refractivity contribution in [1.82, 2.24) is 15.3 Å². The van der Waals surface area contributed by atoms with E-state index in [2.05, 4.69) is 15.3 Å². The molecule has 0 saturated carbocycles. The minimum absolute atomic E-state index is 0.0263. The lowest BCUT2D eigenvalue weighted by atomic mass is 10.2. The highest BCUT2D eigenvalue weighted by Gasteiger charge is 2.31. The van der Waals surface area contributed by atoms with Crippen LogP contribution in [0.3, 0.4) is 0 Å². The molecule has 21 heavy (non-hydrogen) atoms. The summed E-state index contributed by atoms with van der Waals surface area (Å²) in [7, 11) is 0. The number of ether oxygens (including phenoxy) is 2. The summed E-state index contributed by atoms with van der Waals surface area (Å²) in [5, 5.41) is 3.20. The van der Waals surface area contributed by atoms with Gasteiger partial charge in [0.1, 0.15) is 6.04 Å². The van der Waals surface area contributed by atoms with Crippen molar-refractivity contribution >= 4 is 11.8 Å². The van der Waals surface area contributed by atoms with Crippen LogP contribution < -0.4 is 15.0 Å². The number of nitrogens with one attached hydrogen (secondary N) is 1. The monoisotopic (exact) mass is 294 g/mol. The Balaban J connectivity index is 2.18. The lowest BCUT2D eigenvalue weighted by molar-refractivity contribution is -0.144. The zero-order valence-corrected chi connectivity index (χ0v) is 12.7. The molecule has 0 aromatic carbocycles. The molecule has 0 amide bonds. The molecule has 1 aromatic rings. The predicted molar refractivity (Wildman–Crippen MR) is 78.4 cm³/mol. The van der Waals surface area contributed by atoms with E-state index in [1.165, 1.54) is 0 Å². The van der Waals surface area contributed by atoms with Crippen molar-refractivity contribution in [2.24, 2.45) is 0 Å². The third-order valence-electron chi connectivity index (χ3n) is 3.05. The second-order valence-electron chi connectivity index (χ2n) is 5.05. The van der Waals surface area contributed by atoms with Gasteiger partial charge in [0.05, 0.1) is 25.1 Å². The molecule has 7 nitrogen and oxygen atoms in total. The van der Waals surface area contributed by atoms with Gasteiger partial charge in [-0.05, 0) is 20.8 Å². The minimum atomic E-state index is -0.387. The molecule has 1 aliphatic heterocycles. The van der Waals surface area contributed by atoms with Gasteiger partial charge < -0.3 is 19.7 Å². The first-order chi connectivity index (χ1) is 10.1. The van der Waals surface area contributed by atoms with E-state index < -0.39 is 0 Å². The van der Waals surface area contributed by atoms with Gasteiger partial charge >= 0.3 is 5.97 Å². The molecule has 0 spiro atoms. The Labute approximate surface area is 124 Å². The van der Waals surface area contributed by atoms with Crippen LogP contribution in [-0.4, -0.2) is 54.3 Å². The Bertz CT molecular complexity index is 481. The fourth-order valence-electron chi connectivity index (χ4n) is 2.20. The number of carbonyl (C=O) groups excluding carboxylic acids is 1. The molecule has 116 valence electrons. The Hall–Kier alpha value is -1.89. The molecule has 1 atom stereocenters. The van der Waals surface area contributed by atoms with Crippen molar-refractivity contribution < 1.29 is 14.3 Å². The van der Waals surface area contributed by atoms with Gasteiger partial charge in [0.25, 0.3) is 0 Å². The number of aromatic nitrogens is 2. The summed E-state index contributed by atoms with van der Waals surface area (Å²) in [5.74, 6) is 0.845. The van der Waals surface area contributed by atoms with Gasteiger partial charge in [-0.1, -0.05) is 0 Å². The predicted octanol–water partition coefficient (Wildman–Crippen LogP) is 0.605. The van der Waals surface area contributed by atoms with Crippen LogP contribution in [0, 0.1) is 0 Å². The fraction of sp³-hybridized carbons (Fsp3) is 0.643. The van der Waals surface area contributed by atoms with E-state index in [0.29, 0.717) is 31.4 Å². The smallest absolute Gasteiger partial charge is 0.330 e. The summed E-state index contributed by atoms with van der Waals surface area (Å²) in [4.78, 5) is 22.6. The van der Waals surface area contributed by atoms with Crippen molar-refractivity contribution in [2.75, 3.05) is 31.1 Å². The van der Waals surface area contributed by atoms with Crippen molar-refractivity contribution in [3.05, 3.63) is 12.4 Å². The van der Waals surface area contributed by atoms with Crippen molar-refractivity contribution in [1.29, 1.82) is 0 Å². The Kier molecular flexibility index (Phi) is 5.32. The van der Waals surface area contributed by atoms with Gasteiger partial charge in [0, 0.05) is 19.6 Å². The van der Waals surface area contributed by atoms with Gasteiger partial charge in [-0.15, -0.1) is 0 Å². The lowest BCUT2D eigenvalue weighted by Crippen LogP contribution is -2.56. The highest BCUT2D eigenvalue weighted by molar-refractivity contribution is 5.80. The molecule has 7 heteroatoms. The molecule has 0 radical (unpaired) electrons. The van der Waals surface area contributed by atoms with Crippen molar-refractivity contribution in [3.8, 4) is 5.88 Å². The zero-order valence-electron chi connectivity index (χ0n) is 12.7. The number of carbonyl (C=O) groups is 1. The molecule has 1 unspecified atom stereocenters. The maximum absolute atomic E-state index is 12.1. The number of nitrogens with zero attached hydrogens (tertiary/aromatic N) is 3. The van der Waals surface area contributed by atoms with E-state index in [4.69, 9.17) is 9.47 Å². The third kappa shape index (κ3) is 4.04. The number of hydrogen-bond acceptors (Lipinski definition) is 7. The molecule has 0 aliphatic carbocycles. The van der Waals surface area contributed by atoms with Gasteiger partial charge in [-0.2, -0.15) is 4.98 Å². The standard InChI is InChI=1S/C14H22N4O3/c1-4-20-14(19)11-7-15-5-6-18(11)12-8-16-9-13(17-12)21-10(2)3/h8-11,15H,4-7H2,1-3H3. The second kappa shape index (κ2) is 7.21. The highest BCUT2D eigenvalue weighted by atomic mass is 16.5. The van der Waals surface area contributed by atoms with Crippen LogP contribution in [0.15, 0.2) is 12.4 Å². The van der Waals surface area contributed by atoms with Crippen LogP contribution in [0.2, 0.25) is 0 Å². The van der Waals surface area contributed by atoms with Gasteiger partial charge in [0.2, 0.25) is 5.88 Å². The Morgan fingerprint density at radius 1 is 1.52 bits per heavy atom. The third-order valence-corrected chi connectivity index (χ3v) is 3.05. The molecule has 1 fully saturated rings. The largest absolute Gasteiger partial charge is 0.474 e. The first-order valence-electron chi connectivity index (χ1n) is 7.24. The summed E-state index contributed by atoms with van der Waals surface area (Å²) in [6.07, 6.45) is 3.24. The Morgan fingerprint density at radius 3 is 3.05 bits per heavy atom. The lowest BCUT2D eigenvalue weighted by Gasteiger charge is -2.35. The summed E-state index contributed by atoms with van der Waals surface area (Å²) >= 11 is 0. The van der Waals surface area contributed by atoms with E-state index in [0.717, 1.165) is 6.54 Å². The average Bonchev–Trinajstić information content (AvgIpc) is 2.47. The molecule has 1 N–H and O–H groups in total. The molecular formula is C14H22N4O3. The molecule has 1 aliphatic rings. The molecule has 1 saturated heterocycles. The SMILES string of the molecule is CCOC(=O)C1CNCCN1c1cncc(OC(C)C)n1. The van der Waals surface area contributed by atoms with E-state index in [9.17, 15) is 4.79 Å². The van der Waals surface area contributed by atoms with Crippen molar-refractivity contribution in [2.45, 2.75) is 32.9 Å². The average molecular weight is 294 g/mol. The quantitative estimate of drug-likeness (QED) is 0.797. The molecule has 2 heterocycles. The zero-order chi connectivity index (χ0) is 15.2. The number of hydrogen-bond donors (Lipinski definition) is 1. The summed E-state index contributed by atoms with van der Waals surface area (Å²) in [5.41, 5.74) is 0. The summed E-state index contributed by atoms with van der Waals surface area (Å²) < 4.78 is 10.7. The van der Waals surface area contributed by atoms with Crippen molar-refractivity contribution in [3.63, 3.8) is 0 Å². The van der Waals surface area contributed by atoms with Crippen LogP contribution >= 0.6 is 0 Å². The summed E-state index contributed by atoms with van der Waals surface area (Å²) in [6.45, 7) is 8.02. The fourth-order valence-corrected chi connectivity index (χ4v) is 2.20. The van der Waals surface area contributed by atoms with E-state index in [1.54, 1.807) is 19.3 Å². The molecule has 1 aromatic heterocycles. The maximum Gasteiger partial charge on any atom is 0.330 e. The minimum Gasteiger partial charge on any atom is -0.474 e. The molecule has 2 rings (SSSR count). The normalized spacial score (nSPS) is 18.7. The van der Waals surface area contributed by atoms with Gasteiger partial charge in [0.15, 0.2) is 5.82 Å². The topological polar surface area (TPSA) is 76.6 Å². The van der Waals surface area contributed by atoms with Crippen LogP contribution in [0.25, 0.3) is 0 Å². The Morgan fingerprint density at radius 2 is 2.33 bits per heavy atom. The van der Waals surface area contributed by atoms with E-state index in [1.807, 2.05) is 18.7 Å². The van der Waals surface area contributed by atoms with Gasteiger partial charge in [-0.3, -0.25) is 4.98 Å². The number of esters is 1. The first kappa shape index (κ1) is 15.5. The number of rotatable bonds is 5. The van der Waals surface area contributed by atoms with Crippen LogP contribution in [0.5, 0.6) is 5.88 Å². The number of anilines is 1. The highest BCUT2D eigenvalue weighted by Crippen LogP contribution is 2.19. The van der Waals surface area contributed by atoms with Gasteiger partial charge in [-0.25, -0.2) is 4.79 Å². The van der Waals surface area contributed by atoms with E-state index >= 15 is 0 Å². The molecular weight excluding hydrogens is 272 g/mol. The summed E-state index contributed by atoms with van der Waals surface area (Å²) in [6, 6.07) is -0.387. The maximum atomic E-state index is 12.1. The van der Waals surface area contributed by atoms with Crippen LogP contribution in [-0.2, 0) is 9.53 Å².